The summed E-state index contributed by atoms with van der Waals surface area (Å²) in [6.07, 6.45) is 2.65. The van der Waals surface area contributed by atoms with Crippen LogP contribution in [0.1, 0.15) is 45.7 Å². The number of rotatable bonds is 7. The number of carbonyl (C=O) groups is 3. The number of allylic oxidation sites excluding steroid dienone is 2. The molecule has 4 nitrogen and oxygen atoms in total. The van der Waals surface area contributed by atoms with E-state index in [1.54, 1.807) is 31.2 Å². The third-order valence-corrected chi connectivity index (χ3v) is 3.76. The van der Waals surface area contributed by atoms with Crippen LogP contribution < -0.4 is 5.73 Å². The summed E-state index contributed by atoms with van der Waals surface area (Å²) in [5.41, 5.74) is 8.76. The molecular formula is C22H21B10NO3W2. The van der Waals surface area contributed by atoms with Gasteiger partial charge in [-0.25, -0.2) is 30.3 Å². The predicted molar refractivity (Wildman–Crippen MR) is 158 cm³/mol. The van der Waals surface area contributed by atoms with Crippen LogP contribution in [0.4, 0.5) is 0 Å². The molecule has 0 aliphatic heterocycles. The Kier molecular flexibility index (Phi) is 30.2. The monoisotopic (exact) mass is 825 g/mol. The summed E-state index contributed by atoms with van der Waals surface area (Å²) in [5, 5.41) is 0. The van der Waals surface area contributed by atoms with E-state index in [1.807, 2.05) is 26.0 Å². The van der Waals surface area contributed by atoms with Gasteiger partial charge in [-0.05, 0) is 13.8 Å². The standard InChI is InChI=1S/C11H11NO.C11H10O2.B7.B3.2W/c2*1-8-3-5-10(6-4-8)11(13)7-9(2)12;1-5-7(4)6(2)3;1-3-2;;/h3-5H,12H2,1-2H3;3-5,7H,1-2H3;;;;/q2*-2;;;2*+2. The fourth-order valence-electron chi connectivity index (χ4n) is 1.94. The summed E-state index contributed by atoms with van der Waals surface area (Å²) in [4.78, 5) is 33.2. The van der Waals surface area contributed by atoms with E-state index in [1.165, 1.54) is 14.0 Å². The Bertz CT molecular complexity index is 959. The fourth-order valence-corrected chi connectivity index (χ4v) is 1.94. The second-order valence-electron chi connectivity index (χ2n) is 7.36. The normalized spacial score (nSPS) is 8.79. The van der Waals surface area contributed by atoms with E-state index >= 15 is 0 Å². The molecule has 0 atom stereocenters. The van der Waals surface area contributed by atoms with Crippen molar-refractivity contribution in [3.63, 3.8) is 0 Å². The summed E-state index contributed by atoms with van der Waals surface area (Å²) in [6.45, 7) is 6.84. The molecule has 0 amide bonds. The van der Waals surface area contributed by atoms with Crippen molar-refractivity contribution in [3.8, 4) is 0 Å². The molecule has 16 heteroatoms. The summed E-state index contributed by atoms with van der Waals surface area (Å²) in [5.74, 6) is -0.744. The van der Waals surface area contributed by atoms with Crippen LogP contribution in [0.3, 0.4) is 0 Å². The van der Waals surface area contributed by atoms with Gasteiger partial charge in [0.1, 0.15) is 0 Å². The molecule has 0 spiro atoms. The van der Waals surface area contributed by atoms with Gasteiger partial charge < -0.3 is 20.1 Å². The summed E-state index contributed by atoms with van der Waals surface area (Å²) in [7, 11) is 31.6. The Morgan fingerprint density at radius 2 is 1.32 bits per heavy atom. The van der Waals surface area contributed by atoms with E-state index in [0.29, 0.717) is 16.8 Å². The van der Waals surface area contributed by atoms with Crippen molar-refractivity contribution >= 4 is 90.7 Å². The van der Waals surface area contributed by atoms with Crippen LogP contribution in [0, 0.1) is 38.5 Å². The predicted octanol–water partition coefficient (Wildman–Crippen LogP) is -0.398. The van der Waals surface area contributed by atoms with Gasteiger partial charge in [-0.15, -0.1) is 11.1 Å². The minimum Gasteiger partial charge on any atom is -0.419 e. The molecule has 0 aromatic heterocycles. The van der Waals surface area contributed by atoms with E-state index in [4.69, 9.17) is 36.7 Å². The zero-order chi connectivity index (χ0) is 28.3. The molecule has 2 N–H and O–H groups in total. The number of benzene rings is 2. The topological polar surface area (TPSA) is 77.2 Å². The molecule has 0 heterocycles. The SMILES string of the molecule is CC(=O)[CH-]C(=O)c1[c-]cc(C)cc1.CC(N)=[C-]C(=O)c1[c-]cc(C)cc1.[B][B]B([B])B([B])[B].[B][B][B].[W+2].[W+2]. The Hall–Kier alpha value is -1.11. The Morgan fingerprint density at radius 3 is 1.58 bits per heavy atom. The van der Waals surface area contributed by atoms with Crippen LogP contribution in [0.15, 0.2) is 42.1 Å². The molecule has 0 bridgehead atoms. The number of hydrogen-bond donors (Lipinski definition) is 1. The summed E-state index contributed by atoms with van der Waals surface area (Å²) < 4.78 is 0. The minimum absolute atomic E-state index is 0. The first-order valence-corrected chi connectivity index (χ1v) is 10.6. The summed E-state index contributed by atoms with van der Waals surface area (Å²) in [6, 6.07) is 16.2. The number of carbonyl (C=O) groups excluding carboxylic acids is 3. The van der Waals surface area contributed by atoms with Crippen LogP contribution in [0.25, 0.3) is 0 Å². The van der Waals surface area contributed by atoms with Crippen molar-refractivity contribution in [1.82, 2.24) is 0 Å². The number of nitrogens with two attached hydrogens (primary N) is 1. The molecule has 2 aromatic rings. The molecule has 14 radical (unpaired) electrons. The maximum atomic E-state index is 11.3. The van der Waals surface area contributed by atoms with Crippen molar-refractivity contribution in [1.29, 1.82) is 0 Å². The smallest absolute Gasteiger partial charge is 0.419 e. The zero-order valence-electron chi connectivity index (χ0n) is 21.9. The Labute approximate surface area is 267 Å². The zero-order valence-corrected chi connectivity index (χ0v) is 27.8. The number of hydrogen-bond acceptors (Lipinski definition) is 4. The molecule has 174 valence electrons. The van der Waals surface area contributed by atoms with Crippen molar-refractivity contribution in [2.45, 2.75) is 27.7 Å². The molecular weight excluding hydrogens is 802 g/mol. The average molecular weight is 823 g/mol. The summed E-state index contributed by atoms with van der Waals surface area (Å²) >= 11 is 0. The van der Waals surface area contributed by atoms with Crippen LogP contribution >= 0.6 is 0 Å². The van der Waals surface area contributed by atoms with Gasteiger partial charge in [0.05, 0.1) is 5.78 Å². The molecule has 2 aromatic carbocycles. The van der Waals surface area contributed by atoms with Gasteiger partial charge in [-0.2, -0.15) is 30.7 Å². The van der Waals surface area contributed by atoms with Gasteiger partial charge in [0.2, 0.25) is 0 Å². The third-order valence-electron chi connectivity index (χ3n) is 3.76. The van der Waals surface area contributed by atoms with E-state index < -0.39 is 6.39 Å². The number of ketones is 3. The second-order valence-corrected chi connectivity index (χ2v) is 7.36. The molecule has 0 fully saturated rings. The quantitative estimate of drug-likeness (QED) is 0.136. The third kappa shape index (κ3) is 24.0. The first-order chi connectivity index (χ1) is 16.8. The largest absolute Gasteiger partial charge is 2.00 e. The van der Waals surface area contributed by atoms with Gasteiger partial charge in [0.25, 0.3) is 0 Å². The maximum Gasteiger partial charge on any atom is 2.00 e. The Morgan fingerprint density at radius 1 is 0.895 bits per heavy atom. The van der Waals surface area contributed by atoms with Gasteiger partial charge in [0, 0.05) is 73.3 Å². The van der Waals surface area contributed by atoms with Crippen molar-refractivity contribution in [3.05, 3.63) is 89.0 Å². The van der Waals surface area contributed by atoms with Gasteiger partial charge in [0.15, 0.2) is 0 Å². The van der Waals surface area contributed by atoms with Gasteiger partial charge >= 0.3 is 42.1 Å². The maximum absolute atomic E-state index is 11.3. The molecule has 0 saturated heterocycles. The fraction of sp³-hybridized carbons (Fsp3) is 0.182. The molecule has 0 aliphatic carbocycles. The Balaban J connectivity index is -0.000000219. The molecule has 0 saturated carbocycles. The number of aryl methyl sites for hydroxylation is 2. The van der Waals surface area contributed by atoms with Gasteiger partial charge in [-0.1, -0.05) is 31.1 Å². The number of Topliss-reactive ketones (excluding diaryl/α,β-unsaturated/α-hetero) is 3. The molecule has 2 rings (SSSR count). The van der Waals surface area contributed by atoms with Crippen LogP contribution in [0.5, 0.6) is 0 Å². The first kappa shape index (κ1) is 43.9. The van der Waals surface area contributed by atoms with E-state index in [9.17, 15) is 14.4 Å². The first-order valence-electron chi connectivity index (χ1n) is 10.6. The van der Waals surface area contributed by atoms with Crippen LogP contribution in [0.2, 0.25) is 0 Å². The van der Waals surface area contributed by atoms with Crippen molar-refractivity contribution in [2.24, 2.45) is 5.73 Å². The molecule has 0 unspecified atom stereocenters. The van der Waals surface area contributed by atoms with Crippen molar-refractivity contribution < 1.29 is 56.5 Å². The molecule has 0 aliphatic rings. The minimum atomic E-state index is -0.537. The van der Waals surface area contributed by atoms with Crippen LogP contribution in [-0.2, 0) is 46.9 Å². The van der Waals surface area contributed by atoms with E-state index in [2.05, 4.69) is 33.7 Å². The second kappa shape index (κ2) is 26.1. The van der Waals surface area contributed by atoms with E-state index in [-0.39, 0.29) is 65.9 Å². The average Bonchev–Trinajstić information content (AvgIpc) is 2.79. The van der Waals surface area contributed by atoms with Gasteiger partial charge in [-0.3, -0.25) is 11.1 Å². The van der Waals surface area contributed by atoms with E-state index in [0.717, 1.165) is 24.6 Å². The van der Waals surface area contributed by atoms with Crippen molar-refractivity contribution in [2.75, 3.05) is 0 Å². The van der Waals surface area contributed by atoms with Crippen LogP contribution in [-0.4, -0.2) is 90.7 Å². The molecule has 38 heavy (non-hydrogen) atoms.